The van der Waals surface area contributed by atoms with Crippen molar-refractivity contribution in [1.29, 1.82) is 0 Å². The second-order valence-electron chi connectivity index (χ2n) is 6.54. The first-order valence-electron chi connectivity index (χ1n) is 8.91. The van der Waals surface area contributed by atoms with Crippen LogP contribution < -0.4 is 16.2 Å². The minimum absolute atomic E-state index is 0.0752. The predicted octanol–water partition coefficient (Wildman–Crippen LogP) is 2.02. The Morgan fingerprint density at radius 3 is 2.48 bits per heavy atom. The topological polar surface area (TPSA) is 90.5 Å². The molecular weight excluding hydrogens is 412 g/mol. The number of likely N-dealkylation sites (tertiary alicyclic amines) is 1. The molecule has 0 spiro atoms. The molecule has 0 radical (unpaired) electrons. The smallest absolute Gasteiger partial charge is 0.258 e. The van der Waals surface area contributed by atoms with Crippen LogP contribution in [0, 0.1) is 5.92 Å². The Kier molecular flexibility index (Phi) is 6.79. The van der Waals surface area contributed by atoms with Crippen LogP contribution in [0.15, 0.2) is 54.6 Å². The molecule has 1 aliphatic heterocycles. The zero-order chi connectivity index (χ0) is 20.8. The molecule has 2 aromatic carbocycles. The molecular formula is C20H19ClN4O3S. The van der Waals surface area contributed by atoms with E-state index in [4.69, 9.17) is 23.8 Å². The van der Waals surface area contributed by atoms with Crippen LogP contribution in [0.3, 0.4) is 0 Å². The molecule has 3 N–H and O–H groups in total. The summed E-state index contributed by atoms with van der Waals surface area (Å²) in [5, 5.41) is 2.65. The second kappa shape index (κ2) is 9.49. The number of hydrogen-bond donors (Lipinski definition) is 3. The van der Waals surface area contributed by atoms with Crippen molar-refractivity contribution < 1.29 is 14.4 Å². The molecule has 1 aliphatic rings. The SMILES string of the molecule is O=C(NC(=S)NNC(=O)C1CC(=O)N(Cc2ccccc2)C1)c1ccccc1Cl. The van der Waals surface area contributed by atoms with Gasteiger partial charge in [-0.15, -0.1) is 0 Å². The lowest BCUT2D eigenvalue weighted by atomic mass is 10.1. The summed E-state index contributed by atoms with van der Waals surface area (Å²) < 4.78 is 0. The van der Waals surface area contributed by atoms with Crippen LogP contribution in [-0.4, -0.2) is 34.3 Å². The Bertz CT molecular complexity index is 938. The third-order valence-corrected chi connectivity index (χ3v) is 4.98. The van der Waals surface area contributed by atoms with Crippen molar-refractivity contribution in [2.75, 3.05) is 6.54 Å². The largest absolute Gasteiger partial charge is 0.338 e. The van der Waals surface area contributed by atoms with Gasteiger partial charge < -0.3 is 4.90 Å². The van der Waals surface area contributed by atoms with Gasteiger partial charge in [0.2, 0.25) is 11.8 Å². The molecule has 1 unspecified atom stereocenters. The summed E-state index contributed by atoms with van der Waals surface area (Å²) in [7, 11) is 0. The quantitative estimate of drug-likeness (QED) is 0.510. The lowest BCUT2D eigenvalue weighted by molar-refractivity contribution is -0.129. The standard InChI is InChI=1S/C20H19ClN4O3S/c21-16-9-5-4-8-15(16)19(28)22-20(29)24-23-18(27)14-10-17(26)25(12-14)11-13-6-2-1-3-7-13/h1-9,14H,10-12H2,(H,23,27)(H2,22,24,28,29). The fraction of sp³-hybridized carbons (Fsp3) is 0.200. The predicted molar refractivity (Wildman–Crippen MR) is 113 cm³/mol. The lowest BCUT2D eigenvalue weighted by Crippen LogP contribution is -2.50. The molecule has 1 atom stereocenters. The first-order chi connectivity index (χ1) is 13.9. The van der Waals surface area contributed by atoms with Gasteiger partial charge in [-0.3, -0.25) is 30.6 Å². The van der Waals surface area contributed by atoms with E-state index in [0.29, 0.717) is 18.1 Å². The van der Waals surface area contributed by atoms with Crippen molar-refractivity contribution in [3.05, 3.63) is 70.7 Å². The number of hydrogen-bond acceptors (Lipinski definition) is 4. The van der Waals surface area contributed by atoms with Gasteiger partial charge in [0.05, 0.1) is 16.5 Å². The van der Waals surface area contributed by atoms with E-state index in [1.165, 1.54) is 0 Å². The summed E-state index contributed by atoms with van der Waals surface area (Å²) in [6.07, 6.45) is 0.124. The maximum Gasteiger partial charge on any atom is 0.258 e. The van der Waals surface area contributed by atoms with Gasteiger partial charge in [-0.1, -0.05) is 54.1 Å². The van der Waals surface area contributed by atoms with Gasteiger partial charge in [0.25, 0.3) is 5.91 Å². The summed E-state index contributed by atoms with van der Waals surface area (Å²) in [6, 6.07) is 16.1. The van der Waals surface area contributed by atoms with Crippen molar-refractivity contribution in [3.63, 3.8) is 0 Å². The molecule has 1 saturated heterocycles. The molecule has 0 saturated carbocycles. The molecule has 0 bridgehead atoms. The van der Waals surface area contributed by atoms with Gasteiger partial charge in [0.1, 0.15) is 0 Å². The van der Waals surface area contributed by atoms with Crippen LogP contribution >= 0.6 is 23.8 Å². The normalized spacial score (nSPS) is 15.7. The maximum atomic E-state index is 12.4. The number of amides is 3. The van der Waals surface area contributed by atoms with Crippen molar-refractivity contribution in [2.45, 2.75) is 13.0 Å². The average molecular weight is 431 g/mol. The van der Waals surface area contributed by atoms with E-state index in [9.17, 15) is 14.4 Å². The third-order valence-electron chi connectivity index (χ3n) is 4.45. The van der Waals surface area contributed by atoms with Gasteiger partial charge in [0, 0.05) is 19.5 Å². The molecule has 7 nitrogen and oxygen atoms in total. The van der Waals surface area contributed by atoms with Crippen molar-refractivity contribution >= 4 is 46.7 Å². The highest BCUT2D eigenvalue weighted by atomic mass is 35.5. The fourth-order valence-corrected chi connectivity index (χ4v) is 3.34. The van der Waals surface area contributed by atoms with Crippen LogP contribution in [0.5, 0.6) is 0 Å². The zero-order valence-electron chi connectivity index (χ0n) is 15.4. The number of rotatable bonds is 4. The Balaban J connectivity index is 1.47. The maximum absolute atomic E-state index is 12.4. The molecule has 29 heavy (non-hydrogen) atoms. The van der Waals surface area contributed by atoms with E-state index >= 15 is 0 Å². The molecule has 150 valence electrons. The van der Waals surface area contributed by atoms with Gasteiger partial charge in [-0.05, 0) is 29.9 Å². The number of nitrogens with zero attached hydrogens (tertiary/aromatic N) is 1. The minimum atomic E-state index is -0.499. The highest BCUT2D eigenvalue weighted by Crippen LogP contribution is 2.20. The molecule has 3 amide bonds. The number of carbonyl (C=O) groups excluding carboxylic acids is 3. The van der Waals surface area contributed by atoms with Gasteiger partial charge in [-0.2, -0.15) is 0 Å². The van der Waals surface area contributed by atoms with E-state index < -0.39 is 11.8 Å². The molecule has 0 aromatic heterocycles. The summed E-state index contributed by atoms with van der Waals surface area (Å²) in [5.41, 5.74) is 6.20. The van der Waals surface area contributed by atoms with Gasteiger partial charge >= 0.3 is 0 Å². The van der Waals surface area contributed by atoms with E-state index in [-0.39, 0.29) is 28.9 Å². The third kappa shape index (κ3) is 5.52. The highest BCUT2D eigenvalue weighted by molar-refractivity contribution is 7.80. The monoisotopic (exact) mass is 430 g/mol. The number of benzene rings is 2. The highest BCUT2D eigenvalue weighted by Gasteiger charge is 2.34. The Labute approximate surface area is 178 Å². The summed E-state index contributed by atoms with van der Waals surface area (Å²) in [6.45, 7) is 0.781. The fourth-order valence-electron chi connectivity index (χ4n) is 2.97. The van der Waals surface area contributed by atoms with Crippen molar-refractivity contribution in [2.24, 2.45) is 5.92 Å². The lowest BCUT2D eigenvalue weighted by Gasteiger charge is -2.17. The van der Waals surface area contributed by atoms with Crippen molar-refractivity contribution in [3.8, 4) is 0 Å². The Morgan fingerprint density at radius 1 is 1.07 bits per heavy atom. The van der Waals surface area contributed by atoms with Gasteiger partial charge in [0.15, 0.2) is 5.11 Å². The number of halogens is 1. The van der Waals surface area contributed by atoms with Crippen LogP contribution in [0.4, 0.5) is 0 Å². The molecule has 2 aromatic rings. The Morgan fingerprint density at radius 2 is 1.76 bits per heavy atom. The Hall–Kier alpha value is -2.97. The molecule has 0 aliphatic carbocycles. The zero-order valence-corrected chi connectivity index (χ0v) is 16.9. The first-order valence-corrected chi connectivity index (χ1v) is 9.70. The van der Waals surface area contributed by atoms with Crippen LogP contribution in [0.2, 0.25) is 5.02 Å². The van der Waals surface area contributed by atoms with E-state index in [2.05, 4.69) is 16.2 Å². The van der Waals surface area contributed by atoms with E-state index in [0.717, 1.165) is 5.56 Å². The summed E-state index contributed by atoms with van der Waals surface area (Å²) in [4.78, 5) is 38.4. The summed E-state index contributed by atoms with van der Waals surface area (Å²) >= 11 is 11.0. The minimum Gasteiger partial charge on any atom is -0.338 e. The van der Waals surface area contributed by atoms with E-state index in [1.54, 1.807) is 29.2 Å². The van der Waals surface area contributed by atoms with E-state index in [1.807, 2.05) is 30.3 Å². The van der Waals surface area contributed by atoms with Crippen molar-refractivity contribution in [1.82, 2.24) is 21.1 Å². The van der Waals surface area contributed by atoms with Gasteiger partial charge in [-0.25, -0.2) is 0 Å². The van der Waals surface area contributed by atoms with Crippen LogP contribution in [0.1, 0.15) is 22.3 Å². The average Bonchev–Trinajstić information content (AvgIpc) is 3.07. The number of nitrogens with one attached hydrogen (secondary N) is 3. The van der Waals surface area contributed by atoms with Crippen LogP contribution in [-0.2, 0) is 16.1 Å². The molecule has 1 heterocycles. The molecule has 3 rings (SSSR count). The first kappa shape index (κ1) is 20.8. The second-order valence-corrected chi connectivity index (χ2v) is 7.35. The number of hydrazine groups is 1. The molecule has 1 fully saturated rings. The molecule has 9 heteroatoms. The number of thiocarbonyl (C=S) groups is 1. The summed E-state index contributed by atoms with van der Waals surface area (Å²) in [5.74, 6) is -1.44. The number of carbonyl (C=O) groups is 3. The van der Waals surface area contributed by atoms with Crippen LogP contribution in [0.25, 0.3) is 0 Å².